The molecule has 1 saturated heterocycles. The summed E-state index contributed by atoms with van der Waals surface area (Å²) in [5.74, 6) is 1.91. The number of carboxylic acid groups (broad SMARTS) is 1. The van der Waals surface area contributed by atoms with E-state index < -0.39 is 21.4 Å². The zero-order chi connectivity index (χ0) is 38.3. The van der Waals surface area contributed by atoms with Crippen LogP contribution in [0.1, 0.15) is 139 Å². The van der Waals surface area contributed by atoms with E-state index in [4.69, 9.17) is 4.74 Å². The van der Waals surface area contributed by atoms with Gasteiger partial charge in [-0.3, -0.25) is 9.59 Å². The van der Waals surface area contributed by atoms with E-state index in [1.165, 1.54) is 63.2 Å². The highest BCUT2D eigenvalue weighted by molar-refractivity contribution is 7.88. The van der Waals surface area contributed by atoms with Gasteiger partial charge in [-0.2, -0.15) is 4.31 Å². The van der Waals surface area contributed by atoms with Gasteiger partial charge in [-0.25, -0.2) is 8.42 Å². The predicted molar refractivity (Wildman–Crippen MR) is 207 cm³/mol. The van der Waals surface area contributed by atoms with Crippen LogP contribution in [-0.2, 0) is 24.3 Å². The SMILES string of the molecule is C=C(C)[C@@H]1CC[C@]2(CCN3CCN(S(C)(=O)=O)CC3)CC[C@]3(C)[C@H](CC[C@@H]4[C@@]5(C)CC[C@H](OC(=O)CC(C)(C)CC(=O)O)C(C)(C)[C@@H]5CC[C@]43C)[C@@H]12. The molecule has 0 radical (unpaired) electrons. The molecule has 6 aliphatic rings. The fourth-order valence-electron chi connectivity index (χ4n) is 14.6. The molecule has 0 amide bonds. The van der Waals surface area contributed by atoms with Crippen molar-refractivity contribution >= 4 is 22.0 Å². The van der Waals surface area contributed by atoms with Crippen LogP contribution < -0.4 is 0 Å². The fraction of sp³-hybridized carbons (Fsp3) is 0.907. The van der Waals surface area contributed by atoms with Gasteiger partial charge in [-0.1, -0.05) is 60.6 Å². The molecule has 5 saturated carbocycles. The van der Waals surface area contributed by atoms with Crippen LogP contribution in [0.3, 0.4) is 0 Å². The quantitative estimate of drug-likeness (QED) is 0.177. The molecule has 9 heteroatoms. The average molecular weight is 745 g/mol. The van der Waals surface area contributed by atoms with E-state index in [-0.39, 0.29) is 46.6 Å². The zero-order valence-corrected chi connectivity index (χ0v) is 35.0. The second-order valence-electron chi connectivity index (χ2n) is 21.1. The van der Waals surface area contributed by atoms with Gasteiger partial charge >= 0.3 is 11.9 Å². The Labute approximate surface area is 316 Å². The van der Waals surface area contributed by atoms with Crippen molar-refractivity contribution in [3.8, 4) is 0 Å². The van der Waals surface area contributed by atoms with Gasteiger partial charge in [0.25, 0.3) is 0 Å². The van der Waals surface area contributed by atoms with E-state index in [0.29, 0.717) is 48.1 Å². The van der Waals surface area contributed by atoms with Crippen LogP contribution in [0.2, 0.25) is 0 Å². The maximum absolute atomic E-state index is 13.2. The molecule has 0 aromatic rings. The maximum atomic E-state index is 13.2. The van der Waals surface area contributed by atoms with Gasteiger partial charge < -0.3 is 14.7 Å². The van der Waals surface area contributed by atoms with E-state index in [1.807, 2.05) is 13.8 Å². The minimum Gasteiger partial charge on any atom is -0.481 e. The third-order valence-corrected chi connectivity index (χ3v) is 18.7. The molecular formula is C43H72N2O6S. The number of allylic oxidation sites excluding steroid dienone is 1. The summed E-state index contributed by atoms with van der Waals surface area (Å²) in [6, 6.07) is 0. The summed E-state index contributed by atoms with van der Waals surface area (Å²) in [5, 5.41) is 9.35. The first kappa shape index (κ1) is 40.2. The van der Waals surface area contributed by atoms with Crippen molar-refractivity contribution in [1.29, 1.82) is 0 Å². The van der Waals surface area contributed by atoms with Crippen molar-refractivity contribution in [3.63, 3.8) is 0 Å². The molecule has 0 unspecified atom stereocenters. The monoisotopic (exact) mass is 745 g/mol. The summed E-state index contributed by atoms with van der Waals surface area (Å²) in [6.45, 7) is 27.2. The number of hydrogen-bond donors (Lipinski definition) is 1. The Kier molecular flexibility index (Phi) is 10.5. The van der Waals surface area contributed by atoms with Gasteiger partial charge in [0.15, 0.2) is 0 Å². The molecule has 0 bridgehead atoms. The number of piperazine rings is 1. The van der Waals surface area contributed by atoms with E-state index in [2.05, 4.69) is 53.0 Å². The number of carboxylic acids is 1. The zero-order valence-electron chi connectivity index (χ0n) is 34.2. The lowest BCUT2D eigenvalue weighted by Crippen LogP contribution is -2.66. The molecule has 10 atom stereocenters. The number of ether oxygens (including phenoxy) is 1. The van der Waals surface area contributed by atoms with E-state index in [0.717, 1.165) is 38.9 Å². The Balaban J connectivity index is 1.19. The minimum atomic E-state index is -3.13. The Morgan fingerprint density at radius 3 is 2.13 bits per heavy atom. The van der Waals surface area contributed by atoms with Crippen molar-refractivity contribution in [2.24, 2.45) is 62.1 Å². The van der Waals surface area contributed by atoms with Crippen LogP contribution in [0.25, 0.3) is 0 Å². The van der Waals surface area contributed by atoms with E-state index >= 15 is 0 Å². The second-order valence-corrected chi connectivity index (χ2v) is 23.0. The van der Waals surface area contributed by atoms with Crippen molar-refractivity contribution in [1.82, 2.24) is 9.21 Å². The number of aliphatic carboxylic acids is 1. The molecule has 0 spiro atoms. The van der Waals surface area contributed by atoms with Gasteiger partial charge in [0.2, 0.25) is 10.0 Å². The Morgan fingerprint density at radius 1 is 0.846 bits per heavy atom. The highest BCUT2D eigenvalue weighted by atomic mass is 32.2. The molecule has 5 aliphatic carbocycles. The molecule has 296 valence electrons. The Bertz CT molecular complexity index is 1520. The number of nitrogens with zero attached hydrogens (tertiary/aromatic N) is 2. The number of carbonyl (C=O) groups excluding carboxylic acids is 1. The van der Waals surface area contributed by atoms with Crippen LogP contribution in [0.5, 0.6) is 0 Å². The van der Waals surface area contributed by atoms with Gasteiger partial charge in [0, 0.05) is 31.6 Å². The lowest BCUT2D eigenvalue weighted by atomic mass is 9.32. The lowest BCUT2D eigenvalue weighted by molar-refractivity contribution is -0.250. The second kappa shape index (κ2) is 13.6. The summed E-state index contributed by atoms with van der Waals surface area (Å²) in [6.07, 6.45) is 14.5. The predicted octanol–water partition coefficient (Wildman–Crippen LogP) is 8.41. The van der Waals surface area contributed by atoms with Crippen LogP contribution in [0.4, 0.5) is 0 Å². The standard InChI is InChI=1S/C43H72N2O6S/c1-29(2)30-13-18-43(21-22-44-23-25-45(26-24-44)52(10,49)50)20-19-41(8)31(37(30)43)11-12-33-40(7)16-15-34(39(5,6)32(40)14-17-42(33,41)9)51-36(48)28-38(3,4)27-35(46)47/h30-34,37H,1,11-28H2,2-10H3,(H,46,47)/t30-,31+,32-,33+,34-,37+,40-,41+,42+,43+/m0/s1. The van der Waals surface area contributed by atoms with Gasteiger partial charge in [-0.15, -0.1) is 0 Å². The number of hydrogen-bond acceptors (Lipinski definition) is 6. The molecular weight excluding hydrogens is 673 g/mol. The molecule has 1 heterocycles. The summed E-state index contributed by atoms with van der Waals surface area (Å²) in [4.78, 5) is 27.2. The first-order valence-corrected chi connectivity index (χ1v) is 22.6. The molecule has 6 rings (SSSR count). The summed E-state index contributed by atoms with van der Waals surface area (Å²) < 4.78 is 32.2. The number of sulfonamides is 1. The van der Waals surface area contributed by atoms with Crippen molar-refractivity contribution in [2.45, 2.75) is 145 Å². The van der Waals surface area contributed by atoms with Crippen LogP contribution in [0.15, 0.2) is 12.2 Å². The molecule has 0 aromatic carbocycles. The first-order chi connectivity index (χ1) is 24.0. The molecule has 1 N–H and O–H groups in total. The smallest absolute Gasteiger partial charge is 0.306 e. The molecule has 0 aromatic heterocycles. The molecule has 1 aliphatic heterocycles. The third-order valence-electron chi connectivity index (χ3n) is 17.4. The van der Waals surface area contributed by atoms with Crippen molar-refractivity contribution in [2.75, 3.05) is 39.0 Å². The Morgan fingerprint density at radius 2 is 1.52 bits per heavy atom. The normalized spacial score (nSPS) is 42.3. The van der Waals surface area contributed by atoms with E-state index in [1.54, 1.807) is 4.31 Å². The van der Waals surface area contributed by atoms with Crippen molar-refractivity contribution < 1.29 is 27.9 Å². The number of carbonyl (C=O) groups is 2. The largest absolute Gasteiger partial charge is 0.481 e. The lowest BCUT2D eigenvalue weighted by Gasteiger charge is -2.73. The highest BCUT2D eigenvalue weighted by Crippen LogP contribution is 2.78. The van der Waals surface area contributed by atoms with Gasteiger partial charge in [0.1, 0.15) is 6.10 Å². The van der Waals surface area contributed by atoms with Crippen molar-refractivity contribution in [3.05, 3.63) is 12.2 Å². The number of esters is 1. The Hall–Kier alpha value is -1.45. The average Bonchev–Trinajstić information content (AvgIpc) is 3.41. The molecule has 6 fully saturated rings. The molecule has 8 nitrogen and oxygen atoms in total. The highest BCUT2D eigenvalue weighted by Gasteiger charge is 2.71. The van der Waals surface area contributed by atoms with Gasteiger partial charge in [-0.05, 0) is 141 Å². The number of rotatable bonds is 10. The first-order valence-electron chi connectivity index (χ1n) is 20.7. The summed E-state index contributed by atoms with van der Waals surface area (Å²) >= 11 is 0. The van der Waals surface area contributed by atoms with Crippen LogP contribution >= 0.6 is 0 Å². The van der Waals surface area contributed by atoms with Crippen LogP contribution in [0, 0.1) is 62.1 Å². The summed E-state index contributed by atoms with van der Waals surface area (Å²) in [7, 11) is -3.13. The third kappa shape index (κ3) is 6.75. The number of fused-ring (bicyclic) bond motifs is 7. The topological polar surface area (TPSA) is 104 Å². The van der Waals surface area contributed by atoms with E-state index in [9.17, 15) is 23.1 Å². The van der Waals surface area contributed by atoms with Crippen LogP contribution in [-0.4, -0.2) is 79.8 Å². The maximum Gasteiger partial charge on any atom is 0.306 e. The minimum absolute atomic E-state index is 0.0451. The summed E-state index contributed by atoms with van der Waals surface area (Å²) in [5.41, 5.74) is 1.63. The van der Waals surface area contributed by atoms with Gasteiger partial charge in [0.05, 0.1) is 19.1 Å². The molecule has 52 heavy (non-hydrogen) atoms. The fourth-order valence-corrected chi connectivity index (χ4v) is 15.5.